The van der Waals surface area contributed by atoms with Crippen LogP contribution in [0, 0.1) is 0 Å². The lowest BCUT2D eigenvalue weighted by atomic mass is 9.99. The van der Waals surface area contributed by atoms with E-state index in [1.807, 2.05) is 0 Å². The standard InChI is InChI=1S/C15H29N3/c1-16-11-6-14(7-12-16)18-10-4-9-17-8-3-2-5-15(17)13-18/h14-15H,2-13H2,1H3. The molecule has 3 heterocycles. The second-order valence-electron chi connectivity index (χ2n) is 6.57. The van der Waals surface area contributed by atoms with Crippen molar-refractivity contribution in [2.75, 3.05) is 46.3 Å². The Morgan fingerprint density at radius 2 is 1.39 bits per heavy atom. The van der Waals surface area contributed by atoms with Crippen LogP contribution in [0.2, 0.25) is 0 Å². The fraction of sp³-hybridized carbons (Fsp3) is 1.00. The van der Waals surface area contributed by atoms with Crippen LogP contribution >= 0.6 is 0 Å². The summed E-state index contributed by atoms with van der Waals surface area (Å²) in [5, 5.41) is 0. The maximum Gasteiger partial charge on any atom is 0.0223 e. The van der Waals surface area contributed by atoms with Crippen LogP contribution in [0.3, 0.4) is 0 Å². The number of hydrogen-bond acceptors (Lipinski definition) is 3. The van der Waals surface area contributed by atoms with E-state index in [0.29, 0.717) is 0 Å². The molecule has 0 radical (unpaired) electrons. The van der Waals surface area contributed by atoms with Crippen LogP contribution in [-0.2, 0) is 0 Å². The molecular weight excluding hydrogens is 222 g/mol. The molecule has 0 amide bonds. The summed E-state index contributed by atoms with van der Waals surface area (Å²) in [5.74, 6) is 0. The third kappa shape index (κ3) is 2.89. The second-order valence-corrected chi connectivity index (χ2v) is 6.57. The maximum absolute atomic E-state index is 2.84. The number of likely N-dealkylation sites (tertiary alicyclic amines) is 1. The third-order valence-electron chi connectivity index (χ3n) is 5.29. The zero-order valence-electron chi connectivity index (χ0n) is 12.0. The number of fused-ring (bicyclic) bond motifs is 1. The number of hydrogen-bond donors (Lipinski definition) is 0. The topological polar surface area (TPSA) is 9.72 Å². The highest BCUT2D eigenvalue weighted by molar-refractivity contribution is 4.87. The van der Waals surface area contributed by atoms with Gasteiger partial charge in [0.2, 0.25) is 0 Å². The predicted molar refractivity (Wildman–Crippen MR) is 75.9 cm³/mol. The van der Waals surface area contributed by atoms with Gasteiger partial charge < -0.3 is 4.90 Å². The molecule has 0 bridgehead atoms. The van der Waals surface area contributed by atoms with Gasteiger partial charge in [-0.05, 0) is 71.9 Å². The molecule has 0 aliphatic carbocycles. The summed E-state index contributed by atoms with van der Waals surface area (Å²) in [6.07, 6.45) is 8.52. The van der Waals surface area contributed by atoms with Crippen molar-refractivity contribution in [2.24, 2.45) is 0 Å². The molecule has 0 N–H and O–H groups in total. The molecule has 18 heavy (non-hydrogen) atoms. The molecule has 1 atom stereocenters. The van der Waals surface area contributed by atoms with E-state index in [1.54, 1.807) is 0 Å². The van der Waals surface area contributed by atoms with Gasteiger partial charge in [-0.1, -0.05) is 6.42 Å². The summed E-state index contributed by atoms with van der Waals surface area (Å²) in [4.78, 5) is 8.10. The van der Waals surface area contributed by atoms with Crippen molar-refractivity contribution < 1.29 is 0 Å². The highest BCUT2D eigenvalue weighted by atomic mass is 15.3. The summed E-state index contributed by atoms with van der Waals surface area (Å²) in [7, 11) is 2.27. The predicted octanol–water partition coefficient (Wildman–Crippen LogP) is 1.64. The minimum absolute atomic E-state index is 0.876. The largest absolute Gasteiger partial charge is 0.306 e. The normalized spacial score (nSPS) is 34.2. The van der Waals surface area contributed by atoms with E-state index in [4.69, 9.17) is 0 Å². The zero-order valence-corrected chi connectivity index (χ0v) is 12.0. The fourth-order valence-electron chi connectivity index (χ4n) is 4.09. The van der Waals surface area contributed by atoms with Gasteiger partial charge in [0.25, 0.3) is 0 Å². The van der Waals surface area contributed by atoms with Gasteiger partial charge in [-0.2, -0.15) is 0 Å². The van der Waals surface area contributed by atoms with Crippen LogP contribution in [0.25, 0.3) is 0 Å². The van der Waals surface area contributed by atoms with E-state index in [-0.39, 0.29) is 0 Å². The van der Waals surface area contributed by atoms with Crippen LogP contribution < -0.4 is 0 Å². The minimum atomic E-state index is 0.876. The fourth-order valence-corrected chi connectivity index (χ4v) is 4.09. The van der Waals surface area contributed by atoms with Crippen LogP contribution in [0.5, 0.6) is 0 Å². The summed E-state index contributed by atoms with van der Waals surface area (Å²) in [6, 6.07) is 1.75. The van der Waals surface area contributed by atoms with Crippen molar-refractivity contribution in [3.05, 3.63) is 0 Å². The van der Waals surface area contributed by atoms with Gasteiger partial charge in [-0.3, -0.25) is 9.80 Å². The first-order valence-corrected chi connectivity index (χ1v) is 7.99. The lowest BCUT2D eigenvalue weighted by Gasteiger charge is -2.40. The van der Waals surface area contributed by atoms with Crippen LogP contribution in [0.15, 0.2) is 0 Å². The summed E-state index contributed by atoms with van der Waals surface area (Å²) in [5.41, 5.74) is 0. The van der Waals surface area contributed by atoms with Crippen molar-refractivity contribution in [3.63, 3.8) is 0 Å². The Morgan fingerprint density at radius 1 is 0.667 bits per heavy atom. The first kappa shape index (κ1) is 12.9. The van der Waals surface area contributed by atoms with Crippen LogP contribution in [-0.4, -0.2) is 73.1 Å². The lowest BCUT2D eigenvalue weighted by molar-refractivity contribution is 0.0908. The first-order valence-electron chi connectivity index (χ1n) is 7.99. The smallest absolute Gasteiger partial charge is 0.0223 e. The SMILES string of the molecule is CN1CCC(N2CCCN3CCCCC3C2)CC1. The molecule has 1 unspecified atom stereocenters. The van der Waals surface area contributed by atoms with Crippen LogP contribution in [0.4, 0.5) is 0 Å². The Hall–Kier alpha value is -0.120. The van der Waals surface area contributed by atoms with Gasteiger partial charge in [0, 0.05) is 18.6 Å². The van der Waals surface area contributed by atoms with E-state index >= 15 is 0 Å². The Bertz CT molecular complexity index is 260. The van der Waals surface area contributed by atoms with E-state index in [0.717, 1.165) is 12.1 Å². The zero-order chi connectivity index (χ0) is 12.4. The highest BCUT2D eigenvalue weighted by Crippen LogP contribution is 2.24. The second kappa shape index (κ2) is 5.89. The monoisotopic (exact) mass is 251 g/mol. The van der Waals surface area contributed by atoms with Crippen molar-refractivity contribution in [3.8, 4) is 0 Å². The van der Waals surface area contributed by atoms with Crippen LogP contribution in [0.1, 0.15) is 38.5 Å². The van der Waals surface area contributed by atoms with E-state index in [1.165, 1.54) is 77.8 Å². The molecule has 3 rings (SSSR count). The Kier molecular flexibility index (Phi) is 4.22. The Morgan fingerprint density at radius 3 is 2.22 bits per heavy atom. The molecule has 3 saturated heterocycles. The number of nitrogens with zero attached hydrogens (tertiary/aromatic N) is 3. The summed E-state index contributed by atoms with van der Waals surface area (Å²) in [6.45, 7) is 8.03. The molecule has 3 aliphatic heterocycles. The number of rotatable bonds is 1. The first-order chi connectivity index (χ1) is 8.83. The maximum atomic E-state index is 2.84. The van der Waals surface area contributed by atoms with Gasteiger partial charge in [0.05, 0.1) is 0 Å². The van der Waals surface area contributed by atoms with E-state index in [9.17, 15) is 0 Å². The summed E-state index contributed by atoms with van der Waals surface area (Å²) >= 11 is 0. The van der Waals surface area contributed by atoms with Gasteiger partial charge in [-0.25, -0.2) is 0 Å². The molecule has 0 aromatic heterocycles. The molecular formula is C15H29N3. The van der Waals surface area contributed by atoms with Crippen molar-refractivity contribution in [2.45, 2.75) is 50.6 Å². The van der Waals surface area contributed by atoms with Crippen molar-refractivity contribution in [1.29, 1.82) is 0 Å². The minimum Gasteiger partial charge on any atom is -0.306 e. The molecule has 3 nitrogen and oxygen atoms in total. The molecule has 0 aromatic rings. The highest BCUT2D eigenvalue weighted by Gasteiger charge is 2.31. The summed E-state index contributed by atoms with van der Waals surface area (Å²) < 4.78 is 0. The Balaban J connectivity index is 1.59. The molecule has 3 heteroatoms. The lowest BCUT2D eigenvalue weighted by Crippen LogP contribution is -2.49. The van der Waals surface area contributed by atoms with E-state index < -0.39 is 0 Å². The molecule has 3 aliphatic rings. The molecule has 104 valence electrons. The van der Waals surface area contributed by atoms with Gasteiger partial charge in [-0.15, -0.1) is 0 Å². The quantitative estimate of drug-likeness (QED) is 0.701. The number of piperidine rings is 2. The van der Waals surface area contributed by atoms with Crippen molar-refractivity contribution >= 4 is 0 Å². The average molecular weight is 251 g/mol. The molecule has 0 aromatic carbocycles. The molecule has 0 spiro atoms. The third-order valence-corrected chi connectivity index (χ3v) is 5.29. The van der Waals surface area contributed by atoms with Gasteiger partial charge in [0.1, 0.15) is 0 Å². The van der Waals surface area contributed by atoms with E-state index in [2.05, 4.69) is 21.7 Å². The van der Waals surface area contributed by atoms with Gasteiger partial charge >= 0.3 is 0 Å². The average Bonchev–Trinajstić information content (AvgIpc) is 2.61. The van der Waals surface area contributed by atoms with Crippen molar-refractivity contribution in [1.82, 2.24) is 14.7 Å². The molecule has 0 saturated carbocycles. The Labute approximate surface area is 112 Å². The van der Waals surface area contributed by atoms with Gasteiger partial charge in [0.15, 0.2) is 0 Å². The molecule has 3 fully saturated rings.